The summed E-state index contributed by atoms with van der Waals surface area (Å²) >= 11 is 3.13. The Hall–Kier alpha value is -2.03. The molecule has 0 amide bonds. The average molecular weight is 400 g/mol. The van der Waals surface area contributed by atoms with Crippen molar-refractivity contribution < 1.29 is 0 Å². The Labute approximate surface area is 166 Å². The quantitative estimate of drug-likeness (QED) is 0.524. The van der Waals surface area contributed by atoms with Crippen molar-refractivity contribution in [2.45, 2.75) is 30.5 Å². The summed E-state index contributed by atoms with van der Waals surface area (Å²) in [6.45, 7) is 2.76. The number of hydrogen-bond donors (Lipinski definition) is 1. The fraction of sp³-hybridized carbons (Fsp3) is 0.368. The number of nitrogens with zero attached hydrogens (tertiary/aromatic N) is 4. The number of hydrogen-bond acceptors (Lipinski definition) is 7. The average Bonchev–Trinajstić information content (AvgIpc) is 3.23. The van der Waals surface area contributed by atoms with E-state index in [9.17, 15) is 4.79 Å². The molecule has 4 heterocycles. The lowest BCUT2D eigenvalue weighted by Gasteiger charge is -2.32. The molecule has 1 N–H and O–H groups in total. The van der Waals surface area contributed by atoms with E-state index < -0.39 is 0 Å². The van der Waals surface area contributed by atoms with Gasteiger partial charge in [-0.1, -0.05) is 17.8 Å². The van der Waals surface area contributed by atoms with Gasteiger partial charge in [-0.15, -0.1) is 11.3 Å². The highest BCUT2D eigenvalue weighted by Gasteiger charge is 2.23. The molecule has 1 unspecified atom stereocenters. The Kier molecular flexibility index (Phi) is 5.66. The molecule has 0 radical (unpaired) electrons. The van der Waals surface area contributed by atoms with Crippen molar-refractivity contribution in [3.8, 4) is 10.7 Å². The van der Waals surface area contributed by atoms with Crippen LogP contribution in [-0.2, 0) is 6.54 Å². The third-order valence-corrected chi connectivity index (χ3v) is 6.16. The van der Waals surface area contributed by atoms with Crippen LogP contribution in [-0.4, -0.2) is 44.2 Å². The van der Waals surface area contributed by atoms with Crippen LogP contribution in [0.5, 0.6) is 0 Å². The summed E-state index contributed by atoms with van der Waals surface area (Å²) in [5.41, 5.74) is 1.93. The largest absolute Gasteiger partial charge is 0.306 e. The zero-order valence-electron chi connectivity index (χ0n) is 15.1. The number of thiophene rings is 1. The maximum absolute atomic E-state index is 12.2. The fourth-order valence-electron chi connectivity index (χ4n) is 3.44. The second kappa shape index (κ2) is 8.33. The molecule has 27 heavy (non-hydrogen) atoms. The summed E-state index contributed by atoms with van der Waals surface area (Å²) in [6.07, 6.45) is 7.94. The lowest BCUT2D eigenvalue weighted by molar-refractivity contribution is 0.198. The van der Waals surface area contributed by atoms with E-state index in [1.165, 1.54) is 0 Å². The standard InChI is InChI=1S/C19H21N5OS2/c1-26-19-20-9-13(10-21-19)11-24-6-2-4-14(12-24)15-8-17(25)23-18(22-15)16-5-3-7-27-16/h3,5,7-10,14H,2,4,6,11-12H2,1H3,(H,22,23,25). The van der Waals surface area contributed by atoms with Gasteiger partial charge in [-0.25, -0.2) is 15.0 Å². The van der Waals surface area contributed by atoms with Crippen LogP contribution in [0.25, 0.3) is 10.7 Å². The van der Waals surface area contributed by atoms with E-state index in [1.54, 1.807) is 29.2 Å². The Balaban J connectivity index is 1.50. The van der Waals surface area contributed by atoms with Gasteiger partial charge in [-0.2, -0.15) is 0 Å². The van der Waals surface area contributed by atoms with Crippen LogP contribution in [0.4, 0.5) is 0 Å². The molecule has 1 saturated heterocycles. The molecule has 1 fully saturated rings. The topological polar surface area (TPSA) is 74.8 Å². The third-order valence-electron chi connectivity index (χ3n) is 4.71. The molecule has 4 rings (SSSR count). The second-order valence-corrected chi connectivity index (χ2v) is 8.37. The molecule has 3 aromatic rings. The summed E-state index contributed by atoms with van der Waals surface area (Å²) in [7, 11) is 0. The lowest BCUT2D eigenvalue weighted by atomic mass is 9.94. The predicted molar refractivity (Wildman–Crippen MR) is 109 cm³/mol. The van der Waals surface area contributed by atoms with Crippen LogP contribution in [0, 0.1) is 0 Å². The molecule has 1 aliphatic heterocycles. The lowest BCUT2D eigenvalue weighted by Crippen LogP contribution is -2.34. The summed E-state index contributed by atoms with van der Waals surface area (Å²) in [4.78, 5) is 31.9. The first-order valence-electron chi connectivity index (χ1n) is 8.93. The van der Waals surface area contributed by atoms with E-state index in [1.807, 2.05) is 36.2 Å². The smallest absolute Gasteiger partial charge is 0.251 e. The van der Waals surface area contributed by atoms with Crippen molar-refractivity contribution >= 4 is 23.1 Å². The SMILES string of the molecule is CSc1ncc(CN2CCCC(c3cc(=O)[nH]c(-c4cccs4)n3)C2)cn1. The number of rotatable bonds is 5. The van der Waals surface area contributed by atoms with Crippen molar-refractivity contribution in [3.05, 3.63) is 57.6 Å². The van der Waals surface area contributed by atoms with Crippen LogP contribution < -0.4 is 5.56 Å². The second-order valence-electron chi connectivity index (χ2n) is 6.65. The number of thioether (sulfide) groups is 1. The summed E-state index contributed by atoms with van der Waals surface area (Å²) in [5.74, 6) is 0.942. The van der Waals surface area contributed by atoms with Gasteiger partial charge in [-0.05, 0) is 37.1 Å². The van der Waals surface area contributed by atoms with Crippen LogP contribution >= 0.6 is 23.1 Å². The molecular formula is C19H21N5OS2. The zero-order valence-corrected chi connectivity index (χ0v) is 16.7. The first kappa shape index (κ1) is 18.3. The molecule has 6 nitrogen and oxygen atoms in total. The Morgan fingerprint density at radius 1 is 1.37 bits per heavy atom. The monoisotopic (exact) mass is 399 g/mol. The molecule has 0 aliphatic carbocycles. The van der Waals surface area contributed by atoms with Crippen molar-refractivity contribution in [2.75, 3.05) is 19.3 Å². The number of H-pyrrole nitrogens is 1. The van der Waals surface area contributed by atoms with Crippen molar-refractivity contribution in [2.24, 2.45) is 0 Å². The van der Waals surface area contributed by atoms with Gasteiger partial charge in [0.2, 0.25) is 0 Å². The molecule has 0 aromatic carbocycles. The van der Waals surface area contributed by atoms with E-state index in [4.69, 9.17) is 4.98 Å². The van der Waals surface area contributed by atoms with Crippen molar-refractivity contribution in [3.63, 3.8) is 0 Å². The first-order chi connectivity index (χ1) is 13.2. The third kappa shape index (κ3) is 4.45. The maximum atomic E-state index is 12.2. The number of aromatic amines is 1. The molecular weight excluding hydrogens is 378 g/mol. The van der Waals surface area contributed by atoms with Crippen LogP contribution in [0.15, 0.2) is 45.9 Å². The van der Waals surface area contributed by atoms with Crippen LogP contribution in [0.2, 0.25) is 0 Å². The van der Waals surface area contributed by atoms with Gasteiger partial charge in [0.05, 0.1) is 10.6 Å². The van der Waals surface area contributed by atoms with Crippen LogP contribution in [0.1, 0.15) is 30.0 Å². The van der Waals surface area contributed by atoms with Gasteiger partial charge >= 0.3 is 0 Å². The van der Waals surface area contributed by atoms with E-state index in [2.05, 4.69) is 19.9 Å². The minimum atomic E-state index is -0.0819. The number of likely N-dealkylation sites (tertiary alicyclic amines) is 1. The zero-order chi connectivity index (χ0) is 18.6. The fourth-order valence-corrected chi connectivity index (χ4v) is 4.43. The molecule has 1 aliphatic rings. The van der Waals surface area contributed by atoms with Gasteiger partial charge in [0.25, 0.3) is 5.56 Å². The summed E-state index contributed by atoms with van der Waals surface area (Å²) in [5, 5.41) is 2.79. The van der Waals surface area contributed by atoms with Gasteiger partial charge in [0, 0.05) is 43.0 Å². The number of nitrogens with one attached hydrogen (secondary N) is 1. The maximum Gasteiger partial charge on any atom is 0.251 e. The van der Waals surface area contributed by atoms with Gasteiger partial charge in [0.1, 0.15) is 5.82 Å². The Morgan fingerprint density at radius 3 is 2.96 bits per heavy atom. The molecule has 8 heteroatoms. The highest BCUT2D eigenvalue weighted by atomic mass is 32.2. The summed E-state index contributed by atoms with van der Waals surface area (Å²) < 4.78 is 0. The minimum absolute atomic E-state index is 0.0819. The Morgan fingerprint density at radius 2 is 2.22 bits per heavy atom. The van der Waals surface area contributed by atoms with E-state index in [0.717, 1.165) is 53.8 Å². The molecule has 3 aromatic heterocycles. The van der Waals surface area contributed by atoms with Gasteiger partial charge < -0.3 is 4.98 Å². The molecule has 1 atom stereocenters. The molecule has 0 saturated carbocycles. The molecule has 0 spiro atoms. The first-order valence-corrected chi connectivity index (χ1v) is 11.0. The Bertz CT molecular complexity index is 939. The number of aromatic nitrogens is 4. The molecule has 0 bridgehead atoms. The molecule has 140 valence electrons. The van der Waals surface area contributed by atoms with Crippen molar-refractivity contribution in [1.82, 2.24) is 24.8 Å². The minimum Gasteiger partial charge on any atom is -0.306 e. The highest BCUT2D eigenvalue weighted by Crippen LogP contribution is 2.28. The van der Waals surface area contributed by atoms with E-state index in [0.29, 0.717) is 5.82 Å². The van der Waals surface area contributed by atoms with E-state index >= 15 is 0 Å². The highest BCUT2D eigenvalue weighted by molar-refractivity contribution is 7.98. The summed E-state index contributed by atoms with van der Waals surface area (Å²) in [6, 6.07) is 5.61. The van der Waals surface area contributed by atoms with Crippen LogP contribution in [0.3, 0.4) is 0 Å². The van der Waals surface area contributed by atoms with Crippen molar-refractivity contribution in [1.29, 1.82) is 0 Å². The normalized spacial score (nSPS) is 17.9. The predicted octanol–water partition coefficient (Wildman–Crippen LogP) is 3.39. The van der Waals surface area contributed by atoms with E-state index in [-0.39, 0.29) is 11.5 Å². The number of piperidine rings is 1. The van der Waals surface area contributed by atoms with Gasteiger partial charge in [0.15, 0.2) is 5.16 Å². The van der Waals surface area contributed by atoms with Gasteiger partial charge in [-0.3, -0.25) is 9.69 Å².